The van der Waals surface area contributed by atoms with E-state index < -0.39 is 0 Å². The van der Waals surface area contributed by atoms with Crippen LogP contribution in [0.1, 0.15) is 48.5 Å². The maximum Gasteiger partial charge on any atom is 0.255 e. The van der Waals surface area contributed by atoms with Gasteiger partial charge >= 0.3 is 0 Å². The zero-order valence-electron chi connectivity index (χ0n) is 12.3. The van der Waals surface area contributed by atoms with E-state index in [1.165, 1.54) is 0 Å². The number of aryl methyl sites for hydroxylation is 1. The second-order valence-electron chi connectivity index (χ2n) is 6.14. The number of carbonyl (C=O) groups excluding carboxylic acids is 1. The third kappa shape index (κ3) is 3.12. The minimum atomic E-state index is -0.319. The third-order valence-electron chi connectivity index (χ3n) is 4.40. The molecular formula is C16H24N2O2. The first kappa shape index (κ1) is 14.9. The molecule has 4 heteroatoms. The molecule has 2 rings (SSSR count). The summed E-state index contributed by atoms with van der Waals surface area (Å²) in [4.78, 5) is 12.4. The van der Waals surface area contributed by atoms with Crippen molar-refractivity contribution >= 4 is 5.91 Å². The van der Waals surface area contributed by atoms with E-state index in [0.717, 1.165) is 31.2 Å². The van der Waals surface area contributed by atoms with Gasteiger partial charge in [-0.05, 0) is 56.2 Å². The van der Waals surface area contributed by atoms with Crippen molar-refractivity contribution in [2.45, 2.75) is 45.1 Å². The second kappa shape index (κ2) is 5.83. The lowest BCUT2D eigenvalue weighted by atomic mass is 9.77. The Morgan fingerprint density at radius 1 is 1.45 bits per heavy atom. The summed E-state index contributed by atoms with van der Waals surface area (Å²) >= 11 is 0. The van der Waals surface area contributed by atoms with E-state index in [1.54, 1.807) is 12.1 Å². The molecule has 1 aromatic carbocycles. The number of nitrogens with two attached hydrogens (primary N) is 1. The summed E-state index contributed by atoms with van der Waals surface area (Å²) in [6.07, 6.45) is 3.97. The van der Waals surface area contributed by atoms with Gasteiger partial charge in [-0.15, -0.1) is 0 Å². The predicted octanol–water partition coefficient (Wildman–Crippen LogP) is 2.34. The predicted molar refractivity (Wildman–Crippen MR) is 79.7 cm³/mol. The number of carbonyl (C=O) groups is 1. The highest BCUT2D eigenvalue weighted by atomic mass is 16.3. The summed E-state index contributed by atoms with van der Waals surface area (Å²) < 4.78 is 0. The van der Waals surface area contributed by atoms with E-state index in [4.69, 9.17) is 5.73 Å². The van der Waals surface area contributed by atoms with Crippen molar-refractivity contribution < 1.29 is 9.90 Å². The van der Waals surface area contributed by atoms with Crippen molar-refractivity contribution in [3.05, 3.63) is 29.3 Å². The van der Waals surface area contributed by atoms with Crippen molar-refractivity contribution in [2.75, 3.05) is 6.54 Å². The number of nitrogens with one attached hydrogen (secondary N) is 1. The van der Waals surface area contributed by atoms with Gasteiger partial charge in [-0.2, -0.15) is 0 Å². The molecule has 1 saturated carbocycles. The molecule has 0 aromatic heterocycles. The van der Waals surface area contributed by atoms with E-state index in [-0.39, 0.29) is 17.2 Å². The average Bonchev–Trinajstić information content (AvgIpc) is 2.41. The van der Waals surface area contributed by atoms with Crippen molar-refractivity contribution in [1.82, 2.24) is 5.32 Å². The first-order valence-electron chi connectivity index (χ1n) is 7.28. The molecule has 0 aliphatic heterocycles. The third-order valence-corrected chi connectivity index (χ3v) is 4.40. The SMILES string of the molecule is Cc1ccc(C(=O)NC2(CN)CCC(C)CC2)c(O)c1. The smallest absolute Gasteiger partial charge is 0.255 e. The summed E-state index contributed by atoms with van der Waals surface area (Å²) in [5.74, 6) is 0.487. The van der Waals surface area contributed by atoms with Crippen molar-refractivity contribution in [1.29, 1.82) is 0 Å². The minimum Gasteiger partial charge on any atom is -0.507 e. The van der Waals surface area contributed by atoms with E-state index in [0.29, 0.717) is 18.0 Å². The second-order valence-corrected chi connectivity index (χ2v) is 6.14. The molecule has 0 saturated heterocycles. The van der Waals surface area contributed by atoms with Crippen LogP contribution in [0.15, 0.2) is 18.2 Å². The molecule has 1 fully saturated rings. The molecule has 4 nitrogen and oxygen atoms in total. The minimum absolute atomic E-state index is 0.0267. The Labute approximate surface area is 120 Å². The molecule has 0 unspecified atom stereocenters. The maximum atomic E-state index is 12.4. The Morgan fingerprint density at radius 3 is 2.65 bits per heavy atom. The zero-order valence-corrected chi connectivity index (χ0v) is 12.3. The number of phenols is 1. The summed E-state index contributed by atoms with van der Waals surface area (Å²) in [7, 11) is 0. The highest BCUT2D eigenvalue weighted by Crippen LogP contribution is 2.32. The summed E-state index contributed by atoms with van der Waals surface area (Å²) in [5, 5.41) is 13.0. The molecule has 0 spiro atoms. The monoisotopic (exact) mass is 276 g/mol. The van der Waals surface area contributed by atoms with E-state index >= 15 is 0 Å². The molecule has 20 heavy (non-hydrogen) atoms. The molecule has 1 aliphatic carbocycles. The van der Waals surface area contributed by atoms with Crippen molar-refractivity contribution in [2.24, 2.45) is 11.7 Å². The van der Waals surface area contributed by atoms with Gasteiger partial charge in [0.05, 0.1) is 11.1 Å². The van der Waals surface area contributed by atoms with Gasteiger partial charge in [-0.3, -0.25) is 4.79 Å². The Hall–Kier alpha value is -1.55. The van der Waals surface area contributed by atoms with Crippen molar-refractivity contribution in [3.8, 4) is 5.75 Å². The van der Waals surface area contributed by atoms with Gasteiger partial charge in [0.15, 0.2) is 0 Å². The molecule has 1 aromatic rings. The fourth-order valence-corrected chi connectivity index (χ4v) is 2.84. The zero-order chi connectivity index (χ0) is 14.8. The standard InChI is InChI=1S/C16H24N2O2/c1-11-5-7-16(10-17,8-6-11)18-15(20)13-4-3-12(2)9-14(13)19/h3-4,9,11,19H,5-8,10,17H2,1-2H3,(H,18,20). The number of aromatic hydroxyl groups is 1. The first-order valence-corrected chi connectivity index (χ1v) is 7.28. The largest absolute Gasteiger partial charge is 0.507 e. The van der Waals surface area contributed by atoms with Crippen LogP contribution >= 0.6 is 0 Å². The number of amides is 1. The first-order chi connectivity index (χ1) is 9.46. The molecule has 1 amide bonds. The molecule has 0 bridgehead atoms. The van der Waals surface area contributed by atoms with Crippen LogP contribution in [0, 0.1) is 12.8 Å². The summed E-state index contributed by atoms with van der Waals surface area (Å²) in [5.41, 5.74) is 6.83. The quantitative estimate of drug-likeness (QED) is 0.793. The Bertz CT molecular complexity index is 491. The van der Waals surface area contributed by atoms with Gasteiger partial charge in [0.1, 0.15) is 5.75 Å². The fourth-order valence-electron chi connectivity index (χ4n) is 2.84. The number of hydrogen-bond donors (Lipinski definition) is 3. The molecule has 0 atom stereocenters. The van der Waals surface area contributed by atoms with E-state index in [9.17, 15) is 9.90 Å². The maximum absolute atomic E-state index is 12.4. The lowest BCUT2D eigenvalue weighted by Gasteiger charge is -2.39. The Kier molecular flexibility index (Phi) is 4.33. The fraction of sp³-hybridized carbons (Fsp3) is 0.562. The molecule has 110 valence electrons. The van der Waals surface area contributed by atoms with Gasteiger partial charge in [0.25, 0.3) is 5.91 Å². The van der Waals surface area contributed by atoms with Crippen LogP contribution in [0.3, 0.4) is 0 Å². The average molecular weight is 276 g/mol. The molecular weight excluding hydrogens is 252 g/mol. The Morgan fingerprint density at radius 2 is 2.10 bits per heavy atom. The summed E-state index contributed by atoms with van der Waals surface area (Å²) in [6, 6.07) is 5.09. The topological polar surface area (TPSA) is 75.4 Å². The molecule has 0 heterocycles. The molecule has 1 aliphatic rings. The van der Waals surface area contributed by atoms with Crippen LogP contribution in [-0.2, 0) is 0 Å². The van der Waals surface area contributed by atoms with Gasteiger partial charge in [-0.25, -0.2) is 0 Å². The van der Waals surface area contributed by atoms with Crippen LogP contribution in [0.5, 0.6) is 5.75 Å². The van der Waals surface area contributed by atoms with Gasteiger partial charge in [-0.1, -0.05) is 13.0 Å². The number of hydrogen-bond acceptors (Lipinski definition) is 3. The van der Waals surface area contributed by atoms with E-state index in [1.807, 2.05) is 13.0 Å². The highest BCUT2D eigenvalue weighted by molar-refractivity contribution is 5.97. The number of benzene rings is 1. The van der Waals surface area contributed by atoms with Crippen LogP contribution in [0.4, 0.5) is 0 Å². The lowest BCUT2D eigenvalue weighted by Crippen LogP contribution is -2.55. The van der Waals surface area contributed by atoms with Crippen molar-refractivity contribution in [3.63, 3.8) is 0 Å². The van der Waals surface area contributed by atoms with Gasteiger partial charge in [0.2, 0.25) is 0 Å². The van der Waals surface area contributed by atoms with E-state index in [2.05, 4.69) is 12.2 Å². The van der Waals surface area contributed by atoms with Crippen LogP contribution in [0.25, 0.3) is 0 Å². The molecule has 4 N–H and O–H groups in total. The summed E-state index contributed by atoms with van der Waals surface area (Å²) in [6.45, 7) is 4.55. The lowest BCUT2D eigenvalue weighted by molar-refractivity contribution is 0.0857. The van der Waals surface area contributed by atoms with Crippen LogP contribution in [-0.4, -0.2) is 23.1 Å². The molecule has 0 radical (unpaired) electrons. The Balaban J connectivity index is 2.13. The normalized spacial score (nSPS) is 26.2. The number of rotatable bonds is 3. The number of phenolic OH excluding ortho intramolecular Hbond substituents is 1. The van der Waals surface area contributed by atoms with Gasteiger partial charge < -0.3 is 16.2 Å². The van der Waals surface area contributed by atoms with Gasteiger partial charge in [0, 0.05) is 6.54 Å². The highest BCUT2D eigenvalue weighted by Gasteiger charge is 2.34. The van der Waals surface area contributed by atoms with Crippen LogP contribution < -0.4 is 11.1 Å². The van der Waals surface area contributed by atoms with Crippen LogP contribution in [0.2, 0.25) is 0 Å².